The van der Waals surface area contributed by atoms with Crippen LogP contribution in [0, 0.1) is 22.7 Å². The summed E-state index contributed by atoms with van der Waals surface area (Å²) in [6.45, 7) is 6.97. The van der Waals surface area contributed by atoms with Crippen molar-refractivity contribution in [2.45, 2.75) is 46.0 Å². The van der Waals surface area contributed by atoms with Crippen LogP contribution in [0.15, 0.2) is 11.6 Å². The quantitative estimate of drug-likeness (QED) is 0.634. The fraction of sp³-hybridized carbons (Fsp3) is 0.824. The van der Waals surface area contributed by atoms with Gasteiger partial charge in [-0.2, -0.15) is 0 Å². The van der Waals surface area contributed by atoms with Gasteiger partial charge in [0.05, 0.1) is 12.7 Å². The molecule has 2 aliphatic carbocycles. The number of aliphatic hydroxyl groups excluding tert-OH is 1. The normalized spacial score (nSPS) is 47.3. The van der Waals surface area contributed by atoms with Crippen molar-refractivity contribution in [1.29, 1.82) is 0 Å². The SMILES string of the molecule is COCOC[C@]1(C)C2=CC(=O)[C@@H](C)[C@]23CC(O)O[C@@H](C3)[C@@H]1C. The van der Waals surface area contributed by atoms with Gasteiger partial charge in [-0.1, -0.05) is 26.3 Å². The van der Waals surface area contributed by atoms with Crippen LogP contribution in [0.2, 0.25) is 0 Å². The summed E-state index contributed by atoms with van der Waals surface area (Å²) in [6.07, 6.45) is 2.28. The monoisotopic (exact) mass is 310 g/mol. The Morgan fingerprint density at radius 2 is 2.14 bits per heavy atom. The highest BCUT2D eigenvalue weighted by Gasteiger charge is 2.63. The molecule has 0 radical (unpaired) electrons. The van der Waals surface area contributed by atoms with Crippen LogP contribution >= 0.6 is 0 Å². The third-order valence-electron chi connectivity index (χ3n) is 6.30. The topological polar surface area (TPSA) is 65.0 Å². The maximum absolute atomic E-state index is 12.4. The van der Waals surface area contributed by atoms with Gasteiger partial charge >= 0.3 is 0 Å². The number of fused-ring (bicyclic) bond motifs is 1. The number of ether oxygens (including phenoxy) is 3. The molecule has 2 fully saturated rings. The highest BCUT2D eigenvalue weighted by atomic mass is 16.7. The van der Waals surface area contributed by atoms with E-state index in [1.54, 1.807) is 7.11 Å². The molecule has 1 saturated carbocycles. The summed E-state index contributed by atoms with van der Waals surface area (Å²) in [7, 11) is 1.60. The molecular formula is C17H26O5. The van der Waals surface area contributed by atoms with E-state index in [0.29, 0.717) is 13.0 Å². The van der Waals surface area contributed by atoms with Crippen LogP contribution in [-0.4, -0.2) is 43.8 Å². The number of aliphatic hydroxyl groups is 1. The molecule has 22 heavy (non-hydrogen) atoms. The van der Waals surface area contributed by atoms with Gasteiger partial charge in [0.15, 0.2) is 12.1 Å². The maximum atomic E-state index is 12.4. The molecule has 6 atom stereocenters. The third kappa shape index (κ3) is 2.10. The number of rotatable bonds is 4. The van der Waals surface area contributed by atoms with Crippen molar-refractivity contribution in [3.63, 3.8) is 0 Å². The summed E-state index contributed by atoms with van der Waals surface area (Å²) < 4.78 is 16.5. The fourth-order valence-electron chi connectivity index (χ4n) is 4.77. The lowest BCUT2D eigenvalue weighted by molar-refractivity contribution is -0.240. The molecule has 5 nitrogen and oxygen atoms in total. The second kappa shape index (κ2) is 5.41. The first kappa shape index (κ1) is 16.1. The predicted molar refractivity (Wildman–Crippen MR) is 79.9 cm³/mol. The van der Waals surface area contributed by atoms with Gasteiger partial charge in [-0.3, -0.25) is 4.79 Å². The first-order chi connectivity index (χ1) is 10.3. The van der Waals surface area contributed by atoms with E-state index in [4.69, 9.17) is 14.2 Å². The van der Waals surface area contributed by atoms with Crippen LogP contribution in [0.4, 0.5) is 0 Å². The standard InChI is InChI=1S/C17H26O5/c1-10-12(18)5-14-16(3,8-21-9-20-4)11(2)13-6-17(10,14)7-15(19)22-13/h5,10-11,13,15,19H,6-9H2,1-4H3/t10-,11+,13+,15?,16+,17+/m1/s1. The Bertz CT molecular complexity index is 501. The minimum Gasteiger partial charge on any atom is -0.368 e. The molecule has 1 aliphatic heterocycles. The zero-order valence-electron chi connectivity index (χ0n) is 13.8. The molecule has 1 heterocycles. The van der Waals surface area contributed by atoms with Crippen molar-refractivity contribution in [3.8, 4) is 0 Å². The van der Waals surface area contributed by atoms with Gasteiger partial charge < -0.3 is 19.3 Å². The number of hydrogen-bond donors (Lipinski definition) is 1. The van der Waals surface area contributed by atoms with E-state index in [-0.39, 0.29) is 41.3 Å². The maximum Gasteiger partial charge on any atom is 0.159 e. The zero-order chi connectivity index (χ0) is 16.1. The Morgan fingerprint density at radius 1 is 1.41 bits per heavy atom. The minimum atomic E-state index is -0.789. The fourth-order valence-corrected chi connectivity index (χ4v) is 4.77. The lowest BCUT2D eigenvalue weighted by Crippen LogP contribution is -2.58. The van der Waals surface area contributed by atoms with Crippen LogP contribution in [0.5, 0.6) is 0 Å². The minimum absolute atomic E-state index is 0.0506. The van der Waals surface area contributed by atoms with Gasteiger partial charge in [-0.25, -0.2) is 0 Å². The lowest BCUT2D eigenvalue weighted by Gasteiger charge is -2.58. The van der Waals surface area contributed by atoms with E-state index in [1.165, 1.54) is 0 Å². The Kier molecular flexibility index (Phi) is 3.96. The van der Waals surface area contributed by atoms with Gasteiger partial charge in [0, 0.05) is 30.3 Å². The van der Waals surface area contributed by atoms with Crippen molar-refractivity contribution in [3.05, 3.63) is 11.6 Å². The lowest BCUT2D eigenvalue weighted by atomic mass is 9.51. The molecular weight excluding hydrogens is 284 g/mol. The molecule has 1 unspecified atom stereocenters. The van der Waals surface area contributed by atoms with E-state index in [0.717, 1.165) is 12.0 Å². The van der Waals surface area contributed by atoms with E-state index in [1.807, 2.05) is 13.0 Å². The second-order valence-electron chi connectivity index (χ2n) is 7.34. The van der Waals surface area contributed by atoms with Crippen molar-refractivity contribution >= 4 is 5.78 Å². The number of carbonyl (C=O) groups is 1. The zero-order valence-corrected chi connectivity index (χ0v) is 13.8. The number of methoxy groups -OCH3 is 1. The average Bonchev–Trinajstić information content (AvgIpc) is 2.71. The largest absolute Gasteiger partial charge is 0.368 e. The first-order valence-electron chi connectivity index (χ1n) is 8.02. The molecule has 1 N–H and O–H groups in total. The number of ketones is 1. The van der Waals surface area contributed by atoms with Crippen LogP contribution in [0.3, 0.4) is 0 Å². The molecule has 1 saturated heterocycles. The van der Waals surface area contributed by atoms with Gasteiger partial charge in [0.2, 0.25) is 0 Å². The summed E-state index contributed by atoms with van der Waals surface area (Å²) in [4.78, 5) is 12.4. The first-order valence-corrected chi connectivity index (χ1v) is 8.02. The van der Waals surface area contributed by atoms with Crippen molar-refractivity contribution in [1.82, 2.24) is 0 Å². The Morgan fingerprint density at radius 3 is 2.82 bits per heavy atom. The third-order valence-corrected chi connectivity index (χ3v) is 6.30. The van der Waals surface area contributed by atoms with Crippen LogP contribution in [0.25, 0.3) is 0 Å². The van der Waals surface area contributed by atoms with Gasteiger partial charge in [-0.15, -0.1) is 0 Å². The van der Waals surface area contributed by atoms with Crippen molar-refractivity contribution in [2.24, 2.45) is 22.7 Å². The number of hydrogen-bond acceptors (Lipinski definition) is 5. The van der Waals surface area contributed by atoms with Gasteiger partial charge in [0.1, 0.15) is 6.79 Å². The smallest absolute Gasteiger partial charge is 0.159 e. The summed E-state index contributed by atoms with van der Waals surface area (Å²) in [6, 6.07) is 0. The molecule has 3 rings (SSSR count). The van der Waals surface area contributed by atoms with Crippen LogP contribution in [0.1, 0.15) is 33.6 Å². The van der Waals surface area contributed by atoms with Crippen molar-refractivity contribution in [2.75, 3.05) is 20.5 Å². The Labute approximate surface area is 131 Å². The van der Waals surface area contributed by atoms with Crippen molar-refractivity contribution < 1.29 is 24.1 Å². The molecule has 0 amide bonds. The van der Waals surface area contributed by atoms with E-state index in [2.05, 4.69) is 13.8 Å². The number of allylic oxidation sites excluding steroid dienone is 1. The predicted octanol–water partition coefficient (Wildman–Crippen LogP) is 1.89. The molecule has 0 aromatic rings. The molecule has 1 spiro atoms. The van der Waals surface area contributed by atoms with Gasteiger partial charge in [0.25, 0.3) is 0 Å². The Balaban J connectivity index is 2.01. The summed E-state index contributed by atoms with van der Waals surface area (Å²) >= 11 is 0. The molecule has 5 heteroatoms. The molecule has 2 bridgehead atoms. The van der Waals surface area contributed by atoms with E-state index in [9.17, 15) is 9.90 Å². The summed E-state index contributed by atoms with van der Waals surface area (Å²) in [5, 5.41) is 10.2. The van der Waals surface area contributed by atoms with E-state index >= 15 is 0 Å². The highest BCUT2D eigenvalue weighted by Crippen LogP contribution is 2.64. The number of carbonyl (C=O) groups excluding carboxylic acids is 1. The van der Waals surface area contributed by atoms with Crippen LogP contribution in [-0.2, 0) is 19.0 Å². The summed E-state index contributed by atoms with van der Waals surface area (Å²) in [5.41, 5.74) is 0.582. The van der Waals surface area contributed by atoms with E-state index < -0.39 is 6.29 Å². The molecule has 0 aromatic carbocycles. The summed E-state index contributed by atoms with van der Waals surface area (Å²) in [5.74, 6) is 0.226. The Hall–Kier alpha value is -0.750. The average molecular weight is 310 g/mol. The van der Waals surface area contributed by atoms with Gasteiger partial charge in [-0.05, 0) is 18.4 Å². The molecule has 0 aromatic heterocycles. The molecule has 124 valence electrons. The molecule has 3 aliphatic rings. The van der Waals surface area contributed by atoms with Crippen LogP contribution < -0.4 is 0 Å². The highest BCUT2D eigenvalue weighted by molar-refractivity contribution is 5.96. The second-order valence-corrected chi connectivity index (χ2v) is 7.34.